The molecule has 3 heteroatoms. The van der Waals surface area contributed by atoms with E-state index in [2.05, 4.69) is 82.3 Å². The van der Waals surface area contributed by atoms with Crippen LogP contribution in [0.25, 0.3) is 53.2 Å². The number of pyridine rings is 1. The fourth-order valence-corrected chi connectivity index (χ4v) is 6.14. The van der Waals surface area contributed by atoms with Crippen molar-refractivity contribution in [2.24, 2.45) is 0 Å². The van der Waals surface area contributed by atoms with Gasteiger partial charge in [-0.1, -0.05) is 45.0 Å². The number of nitrogens with zero attached hydrogens (tertiary/aromatic N) is 1. The summed E-state index contributed by atoms with van der Waals surface area (Å²) < 4.78 is 8.55. The lowest BCUT2D eigenvalue weighted by molar-refractivity contribution is 0.575. The quantitative estimate of drug-likeness (QED) is 0.258. The van der Waals surface area contributed by atoms with Crippen LogP contribution in [0.1, 0.15) is 37.7 Å². The Hall–Kier alpha value is -3.17. The van der Waals surface area contributed by atoms with Crippen molar-refractivity contribution in [3.8, 4) is 11.3 Å². The molecule has 0 aliphatic heterocycles. The van der Waals surface area contributed by atoms with Crippen molar-refractivity contribution < 1.29 is 4.42 Å². The first-order chi connectivity index (χ1) is 15.3. The summed E-state index contributed by atoms with van der Waals surface area (Å²) in [5, 5.41) is 6.36. The topological polar surface area (TPSA) is 26.0 Å². The van der Waals surface area contributed by atoms with Crippen molar-refractivity contribution >= 4 is 53.3 Å². The maximum absolute atomic E-state index is 6.03. The zero-order chi connectivity index (χ0) is 22.2. The van der Waals surface area contributed by atoms with Crippen molar-refractivity contribution in [1.82, 2.24) is 4.98 Å². The fourth-order valence-electron chi connectivity index (χ4n) is 4.92. The first-order valence-electron chi connectivity index (χ1n) is 11.1. The summed E-state index contributed by atoms with van der Waals surface area (Å²) in [6.07, 6.45) is 1.96. The average molecular weight is 436 g/mol. The van der Waals surface area contributed by atoms with E-state index in [0.29, 0.717) is 0 Å². The van der Waals surface area contributed by atoms with Gasteiger partial charge in [0.15, 0.2) is 0 Å². The molecule has 6 aromatic rings. The molecule has 0 saturated heterocycles. The molecule has 0 bridgehead atoms. The molecule has 0 saturated carbocycles. The van der Waals surface area contributed by atoms with E-state index in [4.69, 9.17) is 9.40 Å². The summed E-state index contributed by atoms with van der Waals surface area (Å²) in [4.78, 5) is 4.90. The van der Waals surface area contributed by atoms with Gasteiger partial charge in [-0.2, -0.15) is 0 Å². The number of benzene rings is 3. The molecule has 32 heavy (non-hydrogen) atoms. The lowest BCUT2D eigenvalue weighted by Crippen LogP contribution is -2.12. The molecule has 0 N–H and O–H groups in total. The van der Waals surface area contributed by atoms with E-state index < -0.39 is 0 Å². The molecular formula is C29H25NOS. The number of fused-ring (bicyclic) bond motifs is 6. The third kappa shape index (κ3) is 2.74. The Morgan fingerprint density at radius 1 is 0.875 bits per heavy atom. The van der Waals surface area contributed by atoms with E-state index >= 15 is 0 Å². The second-order valence-corrected chi connectivity index (χ2v) is 10.8. The van der Waals surface area contributed by atoms with Crippen LogP contribution in [0.2, 0.25) is 0 Å². The number of aryl methyl sites for hydroxylation is 2. The minimum atomic E-state index is 0.0429. The van der Waals surface area contributed by atoms with Crippen molar-refractivity contribution in [3.05, 3.63) is 77.7 Å². The number of hydrogen-bond acceptors (Lipinski definition) is 3. The molecule has 0 aliphatic rings. The summed E-state index contributed by atoms with van der Waals surface area (Å²) in [6.45, 7) is 11.1. The van der Waals surface area contributed by atoms with E-state index in [9.17, 15) is 0 Å². The Bertz CT molecular complexity index is 1680. The van der Waals surface area contributed by atoms with E-state index in [1.807, 2.05) is 24.5 Å². The highest BCUT2D eigenvalue weighted by atomic mass is 32.1. The largest absolute Gasteiger partial charge is 0.461 e. The van der Waals surface area contributed by atoms with Crippen molar-refractivity contribution in [2.45, 2.75) is 40.0 Å². The van der Waals surface area contributed by atoms with Crippen LogP contribution in [0.4, 0.5) is 0 Å². The Balaban J connectivity index is 1.72. The summed E-state index contributed by atoms with van der Waals surface area (Å²) in [5.74, 6) is 0.991. The van der Waals surface area contributed by atoms with Gasteiger partial charge in [-0.25, -0.2) is 0 Å². The molecule has 2 nitrogen and oxygen atoms in total. The van der Waals surface area contributed by atoms with Gasteiger partial charge in [-0.05, 0) is 71.5 Å². The molecule has 0 atom stereocenters. The van der Waals surface area contributed by atoms with E-state index in [1.54, 1.807) is 0 Å². The van der Waals surface area contributed by atoms with Crippen LogP contribution in [-0.2, 0) is 5.41 Å². The Kier molecular flexibility index (Phi) is 4.06. The third-order valence-corrected chi connectivity index (χ3v) is 7.80. The summed E-state index contributed by atoms with van der Waals surface area (Å²) in [6, 6.07) is 19.8. The van der Waals surface area contributed by atoms with Crippen LogP contribution < -0.4 is 0 Å². The minimum Gasteiger partial charge on any atom is -0.461 e. The SMILES string of the molecule is Cc1oc2ccc3sc4c(-c5cc(C(C)(C)C)c6ccccc6c5)nccc4c3c2c1C. The zero-order valence-corrected chi connectivity index (χ0v) is 19.9. The predicted octanol–water partition coefficient (Wildman–Crippen LogP) is 8.93. The average Bonchev–Trinajstić information content (AvgIpc) is 3.29. The second kappa shape index (κ2) is 6.66. The molecule has 3 aromatic carbocycles. The minimum absolute atomic E-state index is 0.0429. The smallest absolute Gasteiger partial charge is 0.135 e. The molecule has 158 valence electrons. The lowest BCUT2D eigenvalue weighted by Gasteiger charge is -2.22. The fraction of sp³-hybridized carbons (Fsp3) is 0.207. The van der Waals surface area contributed by atoms with Crippen LogP contribution in [0, 0.1) is 13.8 Å². The molecule has 6 rings (SSSR count). The van der Waals surface area contributed by atoms with Gasteiger partial charge < -0.3 is 4.42 Å². The standard InChI is InChI=1S/C29H25NOS/c1-16-17(2)31-23-10-11-24-26(25(16)23)21-12-13-30-27(28(21)32-24)19-14-18-8-6-7-9-20(18)22(15-19)29(3,4)5/h6-15H,1-5H3. The Labute approximate surface area is 191 Å². The van der Waals surface area contributed by atoms with Gasteiger partial charge in [0.05, 0.1) is 10.4 Å². The van der Waals surface area contributed by atoms with Gasteiger partial charge in [-0.15, -0.1) is 11.3 Å². The van der Waals surface area contributed by atoms with Crippen LogP contribution in [0.15, 0.2) is 65.2 Å². The molecule has 0 radical (unpaired) electrons. The second-order valence-electron chi connectivity index (χ2n) is 9.73. The number of hydrogen-bond donors (Lipinski definition) is 0. The van der Waals surface area contributed by atoms with Gasteiger partial charge in [0.2, 0.25) is 0 Å². The number of rotatable bonds is 1. The molecule has 0 unspecified atom stereocenters. The number of furan rings is 1. The van der Waals surface area contributed by atoms with Gasteiger partial charge in [0, 0.05) is 32.6 Å². The van der Waals surface area contributed by atoms with E-state index in [0.717, 1.165) is 17.0 Å². The highest BCUT2D eigenvalue weighted by Gasteiger charge is 2.21. The molecule has 3 heterocycles. The van der Waals surface area contributed by atoms with E-state index in [1.165, 1.54) is 53.0 Å². The van der Waals surface area contributed by atoms with Gasteiger partial charge in [0.1, 0.15) is 11.3 Å². The van der Waals surface area contributed by atoms with Crippen LogP contribution in [0.3, 0.4) is 0 Å². The van der Waals surface area contributed by atoms with Crippen LogP contribution in [-0.4, -0.2) is 4.98 Å². The highest BCUT2D eigenvalue weighted by Crippen LogP contribution is 2.44. The molecule has 0 fully saturated rings. The molecule has 0 spiro atoms. The first kappa shape index (κ1) is 19.5. The van der Waals surface area contributed by atoms with Crippen LogP contribution >= 0.6 is 11.3 Å². The van der Waals surface area contributed by atoms with Crippen molar-refractivity contribution in [2.75, 3.05) is 0 Å². The normalized spacial score (nSPS) is 12.5. The number of thiophene rings is 1. The maximum atomic E-state index is 6.03. The molecule has 0 amide bonds. The maximum Gasteiger partial charge on any atom is 0.135 e. The highest BCUT2D eigenvalue weighted by molar-refractivity contribution is 7.26. The summed E-state index contributed by atoms with van der Waals surface area (Å²) >= 11 is 1.83. The summed E-state index contributed by atoms with van der Waals surface area (Å²) in [7, 11) is 0. The van der Waals surface area contributed by atoms with Gasteiger partial charge in [0.25, 0.3) is 0 Å². The van der Waals surface area contributed by atoms with Gasteiger partial charge >= 0.3 is 0 Å². The zero-order valence-electron chi connectivity index (χ0n) is 19.0. The predicted molar refractivity (Wildman–Crippen MR) is 138 cm³/mol. The Morgan fingerprint density at radius 3 is 2.50 bits per heavy atom. The van der Waals surface area contributed by atoms with Crippen molar-refractivity contribution in [3.63, 3.8) is 0 Å². The van der Waals surface area contributed by atoms with Crippen LogP contribution in [0.5, 0.6) is 0 Å². The monoisotopic (exact) mass is 435 g/mol. The lowest BCUT2D eigenvalue weighted by atomic mass is 9.82. The first-order valence-corrected chi connectivity index (χ1v) is 11.9. The summed E-state index contributed by atoms with van der Waals surface area (Å²) in [5.41, 5.74) is 5.83. The van der Waals surface area contributed by atoms with Gasteiger partial charge in [-0.3, -0.25) is 4.98 Å². The Morgan fingerprint density at radius 2 is 1.69 bits per heavy atom. The van der Waals surface area contributed by atoms with E-state index in [-0.39, 0.29) is 5.41 Å². The van der Waals surface area contributed by atoms with Crippen molar-refractivity contribution in [1.29, 1.82) is 0 Å². The molecule has 3 aromatic heterocycles. The molecule has 0 aliphatic carbocycles. The number of aromatic nitrogens is 1. The third-order valence-electron chi connectivity index (χ3n) is 6.62. The molecular weight excluding hydrogens is 410 g/mol.